The lowest BCUT2D eigenvalue weighted by molar-refractivity contribution is 1.17. The topological polar surface area (TPSA) is 0 Å². The highest BCUT2D eigenvalue weighted by molar-refractivity contribution is 6.83. The maximum atomic E-state index is 3.46. The van der Waals surface area contributed by atoms with Crippen molar-refractivity contribution in [2.45, 2.75) is 19.6 Å². The van der Waals surface area contributed by atoms with Crippen molar-refractivity contribution in [1.29, 1.82) is 0 Å². The smallest absolute Gasteiger partial charge is 0.129 e. The first-order valence-electron chi connectivity index (χ1n) is 6.03. The van der Waals surface area contributed by atoms with Gasteiger partial charge in [0.1, 0.15) is 8.07 Å². The minimum atomic E-state index is -1.28. The molecular weight excluding hydrogens is 220 g/mol. The van der Waals surface area contributed by atoms with E-state index in [2.05, 4.69) is 79.7 Å². The first-order valence-corrected chi connectivity index (χ1v) is 9.53. The predicted octanol–water partition coefficient (Wildman–Crippen LogP) is 4.14. The van der Waals surface area contributed by atoms with E-state index in [0.717, 1.165) is 0 Å². The molecule has 2 rings (SSSR count). The molecule has 0 aromatic heterocycles. The summed E-state index contributed by atoms with van der Waals surface area (Å²) < 4.78 is 0. The Kier molecular flexibility index (Phi) is 3.35. The van der Waals surface area contributed by atoms with Gasteiger partial charge in [-0.3, -0.25) is 0 Å². The maximum absolute atomic E-state index is 3.46. The van der Waals surface area contributed by atoms with Crippen LogP contribution in [0.25, 0.3) is 5.57 Å². The molecule has 0 saturated heterocycles. The second kappa shape index (κ2) is 4.77. The van der Waals surface area contributed by atoms with Crippen molar-refractivity contribution in [1.82, 2.24) is 0 Å². The van der Waals surface area contributed by atoms with Crippen LogP contribution in [0.15, 0.2) is 48.6 Å². The first kappa shape index (κ1) is 11.9. The number of benzene rings is 1. The van der Waals surface area contributed by atoms with E-state index in [1.807, 2.05) is 0 Å². The molecule has 1 aromatic rings. The highest BCUT2D eigenvalue weighted by atomic mass is 28.3. The lowest BCUT2D eigenvalue weighted by Crippen LogP contribution is -2.16. The molecule has 0 N–H and O–H groups in total. The van der Waals surface area contributed by atoms with Gasteiger partial charge in [-0.05, 0) is 11.1 Å². The van der Waals surface area contributed by atoms with Crippen molar-refractivity contribution in [3.63, 3.8) is 0 Å². The van der Waals surface area contributed by atoms with Crippen LogP contribution in [0.4, 0.5) is 0 Å². The van der Waals surface area contributed by atoms with Crippen molar-refractivity contribution >= 4 is 13.6 Å². The van der Waals surface area contributed by atoms with Crippen molar-refractivity contribution < 1.29 is 0 Å². The molecule has 1 aromatic carbocycles. The molecule has 0 spiro atoms. The molecular formula is C16H18Si. The Bertz CT molecular complexity index is 504. The molecule has 0 fully saturated rings. The summed E-state index contributed by atoms with van der Waals surface area (Å²) in [5.74, 6) is 3.71. The second-order valence-corrected chi connectivity index (χ2v) is 10.1. The van der Waals surface area contributed by atoms with Crippen molar-refractivity contribution in [2.75, 3.05) is 0 Å². The van der Waals surface area contributed by atoms with E-state index in [1.165, 1.54) is 11.1 Å². The number of hydrogen-bond acceptors (Lipinski definition) is 0. The van der Waals surface area contributed by atoms with Gasteiger partial charge >= 0.3 is 0 Å². The van der Waals surface area contributed by atoms with Crippen LogP contribution in [0.5, 0.6) is 0 Å². The van der Waals surface area contributed by atoms with Gasteiger partial charge in [0, 0.05) is 0 Å². The molecule has 1 aliphatic rings. The zero-order chi connectivity index (χ0) is 12.3. The molecule has 0 aliphatic heterocycles. The molecule has 0 nitrogen and oxygen atoms in total. The van der Waals surface area contributed by atoms with E-state index < -0.39 is 8.07 Å². The molecule has 0 bridgehead atoms. The molecule has 1 aliphatic carbocycles. The summed E-state index contributed by atoms with van der Waals surface area (Å²) >= 11 is 0. The largest absolute Gasteiger partial charge is 0.131 e. The summed E-state index contributed by atoms with van der Waals surface area (Å²) in [7, 11) is -1.28. The monoisotopic (exact) mass is 238 g/mol. The summed E-state index contributed by atoms with van der Waals surface area (Å²) in [5.41, 5.74) is 6.07. The van der Waals surface area contributed by atoms with E-state index in [-0.39, 0.29) is 5.92 Å². The summed E-state index contributed by atoms with van der Waals surface area (Å²) in [6.07, 6.45) is 6.49. The van der Waals surface area contributed by atoms with Crippen LogP contribution in [-0.2, 0) is 0 Å². The summed E-state index contributed by atoms with van der Waals surface area (Å²) in [4.78, 5) is 0. The third-order valence-electron chi connectivity index (χ3n) is 2.62. The van der Waals surface area contributed by atoms with Gasteiger partial charge in [-0.25, -0.2) is 0 Å². The minimum Gasteiger partial charge on any atom is -0.131 e. The predicted molar refractivity (Wildman–Crippen MR) is 78.2 cm³/mol. The van der Waals surface area contributed by atoms with Gasteiger partial charge in [0.25, 0.3) is 0 Å². The fraction of sp³-hybridized carbons (Fsp3) is 0.250. The zero-order valence-corrected chi connectivity index (χ0v) is 11.7. The molecule has 0 heterocycles. The molecule has 17 heavy (non-hydrogen) atoms. The normalized spacial score (nSPS) is 18.5. The maximum Gasteiger partial charge on any atom is 0.129 e. The van der Waals surface area contributed by atoms with Gasteiger partial charge < -0.3 is 0 Å². The van der Waals surface area contributed by atoms with Gasteiger partial charge in [0.05, 0.1) is 5.92 Å². The number of rotatable bonds is 1. The Morgan fingerprint density at radius 2 is 1.76 bits per heavy atom. The Labute approximate surface area is 105 Å². The van der Waals surface area contributed by atoms with E-state index in [4.69, 9.17) is 0 Å². The van der Waals surface area contributed by atoms with E-state index in [9.17, 15) is 0 Å². The fourth-order valence-electron chi connectivity index (χ4n) is 1.80. The number of allylic oxidation sites excluding steroid dienone is 4. The summed E-state index contributed by atoms with van der Waals surface area (Å²) in [6, 6.07) is 10.5. The standard InChI is InChI=1S/C16H18Si/c1-17(2,3)13-12-15-10-7-11-16(15)14-8-5-4-6-9-14/h4-11,15H,1-3H3. The molecule has 0 amide bonds. The van der Waals surface area contributed by atoms with Gasteiger partial charge in [0.15, 0.2) is 0 Å². The molecule has 1 heteroatoms. The van der Waals surface area contributed by atoms with E-state index in [1.54, 1.807) is 0 Å². The number of hydrogen-bond donors (Lipinski definition) is 0. The van der Waals surface area contributed by atoms with Crippen LogP contribution < -0.4 is 0 Å². The van der Waals surface area contributed by atoms with Crippen LogP contribution in [0, 0.1) is 17.4 Å². The Morgan fingerprint density at radius 3 is 2.41 bits per heavy atom. The van der Waals surface area contributed by atoms with Crippen LogP contribution in [0.1, 0.15) is 5.56 Å². The average molecular weight is 238 g/mol. The highest BCUT2D eigenvalue weighted by Crippen LogP contribution is 2.28. The van der Waals surface area contributed by atoms with Crippen LogP contribution in [0.3, 0.4) is 0 Å². The zero-order valence-electron chi connectivity index (χ0n) is 10.7. The molecule has 0 radical (unpaired) electrons. The van der Waals surface area contributed by atoms with Gasteiger partial charge in [0.2, 0.25) is 0 Å². The molecule has 1 unspecified atom stereocenters. The third kappa shape index (κ3) is 3.21. The average Bonchev–Trinajstić information content (AvgIpc) is 2.75. The lowest BCUT2D eigenvalue weighted by Gasteiger charge is -2.10. The SMILES string of the molecule is C[Si](C)(C)C#CC1C=CC=C1c1ccccc1. The van der Waals surface area contributed by atoms with Gasteiger partial charge in [-0.2, -0.15) is 0 Å². The van der Waals surface area contributed by atoms with Crippen LogP contribution in [-0.4, -0.2) is 8.07 Å². The van der Waals surface area contributed by atoms with Crippen molar-refractivity contribution in [2.24, 2.45) is 5.92 Å². The first-order chi connectivity index (χ1) is 8.06. The lowest BCUT2D eigenvalue weighted by atomic mass is 9.96. The third-order valence-corrected chi connectivity index (χ3v) is 3.52. The van der Waals surface area contributed by atoms with Crippen molar-refractivity contribution in [3.8, 4) is 11.5 Å². The minimum absolute atomic E-state index is 0.282. The van der Waals surface area contributed by atoms with E-state index in [0.29, 0.717) is 0 Å². The Balaban J connectivity index is 2.23. The molecule has 1 atom stereocenters. The summed E-state index contributed by atoms with van der Waals surface area (Å²) in [6.45, 7) is 6.85. The van der Waals surface area contributed by atoms with Crippen LogP contribution in [0.2, 0.25) is 19.6 Å². The highest BCUT2D eigenvalue weighted by Gasteiger charge is 2.15. The second-order valence-electron chi connectivity index (χ2n) is 5.37. The Hall–Kier alpha value is -1.52. The fourth-order valence-corrected chi connectivity index (χ4v) is 2.39. The van der Waals surface area contributed by atoms with Gasteiger partial charge in [-0.1, -0.05) is 74.1 Å². The van der Waals surface area contributed by atoms with E-state index >= 15 is 0 Å². The quantitative estimate of drug-likeness (QED) is 0.509. The summed E-state index contributed by atoms with van der Waals surface area (Å²) in [5, 5.41) is 0. The van der Waals surface area contributed by atoms with Gasteiger partial charge in [-0.15, -0.1) is 5.54 Å². The molecule has 0 saturated carbocycles. The van der Waals surface area contributed by atoms with Crippen LogP contribution >= 0.6 is 0 Å². The Morgan fingerprint density at radius 1 is 1.06 bits per heavy atom. The van der Waals surface area contributed by atoms with Crippen molar-refractivity contribution in [3.05, 3.63) is 54.1 Å². The molecule has 86 valence electrons.